The Kier molecular flexibility index (Phi) is 6.40. The highest BCUT2D eigenvalue weighted by Gasteiger charge is 2.34. The van der Waals surface area contributed by atoms with Crippen LogP contribution in [0.1, 0.15) is 28.4 Å². The van der Waals surface area contributed by atoms with E-state index in [4.69, 9.17) is 0 Å². The molecule has 0 aliphatic carbocycles. The fraction of sp³-hybridized carbons (Fsp3) is 0.211. The van der Waals surface area contributed by atoms with Crippen LogP contribution in [0, 0.1) is 0 Å². The predicted molar refractivity (Wildman–Crippen MR) is 94.8 cm³/mol. The summed E-state index contributed by atoms with van der Waals surface area (Å²) in [5.74, 6) is -2.61. The van der Waals surface area contributed by atoms with Crippen molar-refractivity contribution in [2.75, 3.05) is 5.32 Å². The highest BCUT2D eigenvalue weighted by Crippen LogP contribution is 2.32. The lowest BCUT2D eigenvalue weighted by atomic mass is 9.99. The summed E-state index contributed by atoms with van der Waals surface area (Å²) in [4.78, 5) is 34.9. The van der Waals surface area contributed by atoms with Crippen molar-refractivity contribution in [1.82, 2.24) is 5.32 Å². The third-order valence-corrected chi connectivity index (χ3v) is 3.80. The van der Waals surface area contributed by atoms with Crippen LogP contribution >= 0.6 is 0 Å². The minimum atomic E-state index is -4.64. The van der Waals surface area contributed by atoms with Crippen LogP contribution in [0.25, 0.3) is 0 Å². The monoisotopic (exact) mass is 394 g/mol. The molecule has 0 heterocycles. The van der Waals surface area contributed by atoms with Gasteiger partial charge in [0, 0.05) is 24.6 Å². The highest BCUT2D eigenvalue weighted by atomic mass is 19.4. The Labute approximate surface area is 158 Å². The number of carbonyl (C=O) groups excluding carboxylic acids is 2. The third-order valence-electron chi connectivity index (χ3n) is 3.80. The Bertz CT molecular complexity index is 897. The fourth-order valence-corrected chi connectivity index (χ4v) is 2.58. The maximum absolute atomic E-state index is 13.1. The number of anilines is 1. The second-order valence-electron chi connectivity index (χ2n) is 5.99. The number of halogens is 3. The van der Waals surface area contributed by atoms with Gasteiger partial charge in [0.15, 0.2) is 0 Å². The van der Waals surface area contributed by atoms with E-state index in [1.807, 2.05) is 0 Å². The van der Waals surface area contributed by atoms with E-state index in [0.717, 1.165) is 6.07 Å². The molecule has 2 rings (SSSR count). The molecule has 0 saturated heterocycles. The lowest BCUT2D eigenvalue weighted by molar-refractivity contribution is -0.141. The first kappa shape index (κ1) is 20.9. The normalized spacial score (nSPS) is 12.1. The molecule has 0 spiro atoms. The molecule has 0 saturated carbocycles. The fourth-order valence-electron chi connectivity index (χ4n) is 2.58. The van der Waals surface area contributed by atoms with Crippen LogP contribution in [-0.4, -0.2) is 28.9 Å². The first-order chi connectivity index (χ1) is 13.1. The minimum Gasteiger partial charge on any atom is -0.480 e. The summed E-state index contributed by atoms with van der Waals surface area (Å²) in [6, 6.07) is 8.76. The first-order valence-corrected chi connectivity index (χ1v) is 8.14. The zero-order valence-electron chi connectivity index (χ0n) is 14.7. The molecule has 2 amide bonds. The molecule has 0 fully saturated rings. The van der Waals surface area contributed by atoms with Crippen LogP contribution < -0.4 is 10.6 Å². The first-order valence-electron chi connectivity index (χ1n) is 8.14. The Morgan fingerprint density at radius 1 is 1.07 bits per heavy atom. The van der Waals surface area contributed by atoms with Gasteiger partial charge in [-0.15, -0.1) is 0 Å². The molecular weight excluding hydrogens is 377 g/mol. The molecule has 1 atom stereocenters. The summed E-state index contributed by atoms with van der Waals surface area (Å²) in [6.07, 6.45) is -5.18. The van der Waals surface area contributed by atoms with Crippen molar-refractivity contribution in [2.45, 2.75) is 25.6 Å². The largest absolute Gasteiger partial charge is 0.480 e. The number of rotatable bonds is 6. The van der Waals surface area contributed by atoms with Crippen molar-refractivity contribution in [1.29, 1.82) is 0 Å². The molecule has 0 radical (unpaired) electrons. The molecule has 3 N–H and O–H groups in total. The van der Waals surface area contributed by atoms with Gasteiger partial charge < -0.3 is 15.7 Å². The molecule has 2 aromatic rings. The van der Waals surface area contributed by atoms with Gasteiger partial charge in [-0.25, -0.2) is 4.79 Å². The number of hydrogen-bond donors (Lipinski definition) is 3. The van der Waals surface area contributed by atoms with Gasteiger partial charge in [-0.1, -0.05) is 24.3 Å². The number of benzene rings is 2. The highest BCUT2D eigenvalue weighted by molar-refractivity contribution is 5.98. The third kappa shape index (κ3) is 5.57. The average molecular weight is 394 g/mol. The number of hydrogen-bond acceptors (Lipinski definition) is 3. The molecule has 9 heteroatoms. The van der Waals surface area contributed by atoms with Crippen LogP contribution in [-0.2, 0) is 22.2 Å². The van der Waals surface area contributed by atoms with Crippen molar-refractivity contribution >= 4 is 23.5 Å². The van der Waals surface area contributed by atoms with Crippen LogP contribution in [0.4, 0.5) is 18.9 Å². The number of nitrogens with one attached hydrogen (secondary N) is 2. The molecule has 28 heavy (non-hydrogen) atoms. The van der Waals surface area contributed by atoms with E-state index in [0.29, 0.717) is 5.69 Å². The van der Waals surface area contributed by atoms with Gasteiger partial charge in [-0.3, -0.25) is 9.59 Å². The van der Waals surface area contributed by atoms with Crippen molar-refractivity contribution in [3.05, 3.63) is 65.2 Å². The van der Waals surface area contributed by atoms with E-state index in [1.165, 1.54) is 49.4 Å². The summed E-state index contributed by atoms with van der Waals surface area (Å²) >= 11 is 0. The maximum Gasteiger partial charge on any atom is 0.416 e. The molecule has 0 unspecified atom stereocenters. The zero-order valence-corrected chi connectivity index (χ0v) is 14.7. The number of carboxylic acid groups (broad SMARTS) is 1. The molecule has 0 bridgehead atoms. The van der Waals surface area contributed by atoms with E-state index in [1.54, 1.807) is 0 Å². The van der Waals surface area contributed by atoms with E-state index < -0.39 is 36.1 Å². The van der Waals surface area contributed by atoms with Gasteiger partial charge in [-0.05, 0) is 29.8 Å². The van der Waals surface area contributed by atoms with E-state index in [2.05, 4.69) is 10.6 Å². The second kappa shape index (κ2) is 8.55. The van der Waals surface area contributed by atoms with E-state index in [-0.39, 0.29) is 17.0 Å². The number of aliphatic carboxylic acids is 1. The SMILES string of the molecule is CC(=O)Nc1cccc(C(=O)N[C@@H](Cc2ccccc2C(F)(F)F)C(=O)O)c1. The van der Waals surface area contributed by atoms with Gasteiger partial charge in [0.05, 0.1) is 5.56 Å². The summed E-state index contributed by atoms with van der Waals surface area (Å²) < 4.78 is 39.3. The van der Waals surface area contributed by atoms with Gasteiger partial charge >= 0.3 is 12.1 Å². The lowest BCUT2D eigenvalue weighted by Crippen LogP contribution is -2.42. The number of carboxylic acids is 1. The Balaban J connectivity index is 2.22. The molecule has 6 nitrogen and oxygen atoms in total. The van der Waals surface area contributed by atoms with Crippen LogP contribution in [0.15, 0.2) is 48.5 Å². The Morgan fingerprint density at radius 3 is 2.36 bits per heavy atom. The zero-order chi connectivity index (χ0) is 20.9. The molecule has 148 valence electrons. The van der Waals surface area contributed by atoms with Gasteiger partial charge in [0.2, 0.25) is 5.91 Å². The van der Waals surface area contributed by atoms with E-state index in [9.17, 15) is 32.7 Å². The molecule has 2 aromatic carbocycles. The van der Waals surface area contributed by atoms with Crippen molar-refractivity contribution in [3.8, 4) is 0 Å². The molecule has 0 aliphatic heterocycles. The quantitative estimate of drug-likeness (QED) is 0.702. The van der Waals surface area contributed by atoms with Crippen LogP contribution in [0.5, 0.6) is 0 Å². The van der Waals surface area contributed by atoms with Gasteiger partial charge in [0.25, 0.3) is 5.91 Å². The smallest absolute Gasteiger partial charge is 0.416 e. The van der Waals surface area contributed by atoms with Gasteiger partial charge in [0.1, 0.15) is 6.04 Å². The van der Waals surface area contributed by atoms with Crippen molar-refractivity contribution in [3.63, 3.8) is 0 Å². The Hall–Kier alpha value is -3.36. The summed E-state index contributed by atoms with van der Waals surface area (Å²) in [5, 5.41) is 14.0. The molecular formula is C19H17F3N2O4. The number of carbonyl (C=O) groups is 3. The average Bonchev–Trinajstić information content (AvgIpc) is 2.60. The molecule has 0 aliphatic rings. The topological polar surface area (TPSA) is 95.5 Å². The van der Waals surface area contributed by atoms with Crippen molar-refractivity contribution in [2.24, 2.45) is 0 Å². The van der Waals surface area contributed by atoms with Gasteiger partial charge in [-0.2, -0.15) is 13.2 Å². The molecule has 0 aromatic heterocycles. The summed E-state index contributed by atoms with van der Waals surface area (Å²) in [7, 11) is 0. The number of alkyl halides is 3. The lowest BCUT2D eigenvalue weighted by Gasteiger charge is -2.18. The minimum absolute atomic E-state index is 0.0570. The predicted octanol–water partition coefficient (Wildman–Crippen LogP) is 3.09. The standard InChI is InChI=1S/C19H17F3N2O4/c1-11(25)23-14-7-4-6-13(9-14)17(26)24-16(18(27)28)10-12-5-2-3-8-15(12)19(20,21)22/h2-9,16H,10H2,1H3,(H,23,25)(H,24,26)(H,27,28)/t16-/m0/s1. The Morgan fingerprint density at radius 2 is 1.75 bits per heavy atom. The van der Waals surface area contributed by atoms with Crippen molar-refractivity contribution < 1.29 is 32.7 Å². The second-order valence-corrected chi connectivity index (χ2v) is 5.99. The van der Waals surface area contributed by atoms with Crippen LogP contribution in [0.2, 0.25) is 0 Å². The maximum atomic E-state index is 13.1. The van der Waals surface area contributed by atoms with E-state index >= 15 is 0 Å². The number of amides is 2. The summed E-state index contributed by atoms with van der Waals surface area (Å²) in [6.45, 7) is 1.28. The summed E-state index contributed by atoms with van der Waals surface area (Å²) in [5.41, 5.74) is -0.811. The van der Waals surface area contributed by atoms with Crippen LogP contribution in [0.3, 0.4) is 0 Å².